The van der Waals surface area contributed by atoms with Crippen LogP contribution in [0.2, 0.25) is 0 Å². The van der Waals surface area contributed by atoms with Crippen LogP contribution in [0.1, 0.15) is 61.6 Å². The zero-order chi connectivity index (χ0) is 20.7. The van der Waals surface area contributed by atoms with E-state index in [4.69, 9.17) is 4.98 Å². The average molecular weight is 428 g/mol. The second-order valence-corrected chi connectivity index (χ2v) is 10.7. The summed E-state index contributed by atoms with van der Waals surface area (Å²) in [6.07, 6.45) is 11.7. The second-order valence-electron chi connectivity index (χ2n) is 8.70. The molecule has 160 valence electrons. The molecule has 0 radical (unpaired) electrons. The van der Waals surface area contributed by atoms with Crippen molar-refractivity contribution < 1.29 is 8.42 Å². The lowest BCUT2D eigenvalue weighted by atomic mass is 9.91. The number of hydrogen-bond donors (Lipinski definition) is 1. The molecule has 3 aliphatic rings. The molecule has 30 heavy (non-hydrogen) atoms. The van der Waals surface area contributed by atoms with Gasteiger partial charge in [-0.15, -0.1) is 0 Å². The Hall–Kier alpha value is -2.19. The van der Waals surface area contributed by atoms with Crippen molar-refractivity contribution in [3.63, 3.8) is 0 Å². The van der Waals surface area contributed by atoms with Crippen molar-refractivity contribution in [3.8, 4) is 0 Å². The van der Waals surface area contributed by atoms with E-state index in [1.54, 1.807) is 12.3 Å². The zero-order valence-corrected chi connectivity index (χ0v) is 18.2. The number of nitrogens with zero attached hydrogens (tertiary/aromatic N) is 4. The highest BCUT2D eigenvalue weighted by molar-refractivity contribution is 7.90. The number of rotatable bonds is 4. The summed E-state index contributed by atoms with van der Waals surface area (Å²) in [5, 5.41) is 3.80. The summed E-state index contributed by atoms with van der Waals surface area (Å²) in [5.41, 5.74) is 2.14. The molecule has 0 atom stereocenters. The minimum atomic E-state index is -3.34. The number of sulfone groups is 1. The topological polar surface area (TPSA) is 79.6 Å². The maximum Gasteiger partial charge on any atom is 0.191 e. The van der Waals surface area contributed by atoms with Crippen molar-refractivity contribution >= 4 is 27.7 Å². The van der Waals surface area contributed by atoms with E-state index in [-0.39, 0.29) is 6.04 Å². The lowest BCUT2D eigenvalue weighted by Gasteiger charge is -2.30. The van der Waals surface area contributed by atoms with Crippen LogP contribution in [0.15, 0.2) is 34.4 Å². The smallest absolute Gasteiger partial charge is 0.191 e. The Labute approximate surface area is 178 Å². The van der Waals surface area contributed by atoms with Gasteiger partial charge in [0, 0.05) is 30.3 Å². The van der Waals surface area contributed by atoms with Crippen LogP contribution in [-0.2, 0) is 9.84 Å². The predicted molar refractivity (Wildman–Crippen MR) is 119 cm³/mol. The molecule has 5 rings (SSSR count). The number of hydrogen-bond acceptors (Lipinski definition) is 6. The van der Waals surface area contributed by atoms with Gasteiger partial charge in [0.25, 0.3) is 0 Å². The summed E-state index contributed by atoms with van der Waals surface area (Å²) in [4.78, 5) is 11.3. The number of anilines is 2. The number of nitrogens with one attached hydrogen (secondary N) is 1. The molecule has 0 amide bonds. The molecule has 2 aromatic heterocycles. The summed E-state index contributed by atoms with van der Waals surface area (Å²) in [7, 11) is -3.34. The molecule has 7 nitrogen and oxygen atoms in total. The lowest BCUT2D eigenvalue weighted by molar-refractivity contribution is 0.459. The van der Waals surface area contributed by atoms with E-state index in [0.29, 0.717) is 17.6 Å². The summed E-state index contributed by atoms with van der Waals surface area (Å²) < 4.78 is 27.2. The van der Waals surface area contributed by atoms with E-state index >= 15 is 0 Å². The van der Waals surface area contributed by atoms with Gasteiger partial charge in [0.15, 0.2) is 9.84 Å². The zero-order valence-electron chi connectivity index (χ0n) is 17.4. The Morgan fingerprint density at radius 3 is 2.53 bits per heavy atom. The van der Waals surface area contributed by atoms with Crippen molar-refractivity contribution in [3.05, 3.63) is 35.5 Å². The summed E-state index contributed by atoms with van der Waals surface area (Å²) in [5.74, 6) is 2.30. The number of fused-ring (bicyclic) bond motifs is 1. The first-order valence-electron chi connectivity index (χ1n) is 10.9. The van der Waals surface area contributed by atoms with Crippen molar-refractivity contribution in [1.29, 1.82) is 0 Å². The van der Waals surface area contributed by atoms with Gasteiger partial charge >= 0.3 is 0 Å². The Balaban J connectivity index is 1.55. The molecule has 2 fully saturated rings. The van der Waals surface area contributed by atoms with E-state index in [0.717, 1.165) is 68.8 Å². The highest BCUT2D eigenvalue weighted by Gasteiger charge is 2.32. The first kappa shape index (κ1) is 19.8. The van der Waals surface area contributed by atoms with Crippen molar-refractivity contribution in [2.75, 3.05) is 30.9 Å². The van der Waals surface area contributed by atoms with Crippen LogP contribution in [0.5, 0.6) is 0 Å². The monoisotopic (exact) mass is 427 g/mol. The highest BCUT2D eigenvalue weighted by atomic mass is 32.2. The van der Waals surface area contributed by atoms with Crippen molar-refractivity contribution in [2.24, 2.45) is 4.99 Å². The fourth-order valence-electron chi connectivity index (χ4n) is 5.12. The van der Waals surface area contributed by atoms with Crippen LogP contribution in [0, 0.1) is 0 Å². The van der Waals surface area contributed by atoms with Crippen LogP contribution >= 0.6 is 0 Å². The van der Waals surface area contributed by atoms with Gasteiger partial charge in [0.1, 0.15) is 23.3 Å². The van der Waals surface area contributed by atoms with Gasteiger partial charge in [-0.2, -0.15) is 0 Å². The maximum absolute atomic E-state index is 12.6. The van der Waals surface area contributed by atoms with Gasteiger partial charge in [-0.3, -0.25) is 9.89 Å². The van der Waals surface area contributed by atoms with Crippen molar-refractivity contribution in [1.82, 2.24) is 14.9 Å². The van der Waals surface area contributed by atoms with Crippen LogP contribution in [-0.4, -0.2) is 50.2 Å². The molecule has 1 saturated carbocycles. The van der Waals surface area contributed by atoms with E-state index in [1.807, 2.05) is 10.8 Å². The van der Waals surface area contributed by atoms with E-state index < -0.39 is 9.84 Å². The largest absolute Gasteiger partial charge is 0.317 e. The summed E-state index contributed by atoms with van der Waals surface area (Å²) in [6.45, 7) is 2.56. The molecule has 1 N–H and O–H groups in total. The van der Waals surface area contributed by atoms with Gasteiger partial charge in [-0.25, -0.2) is 13.4 Å². The Morgan fingerprint density at radius 2 is 1.87 bits per heavy atom. The van der Waals surface area contributed by atoms with Gasteiger partial charge < -0.3 is 9.88 Å². The molecule has 2 aliphatic heterocycles. The number of pyridine rings is 1. The highest BCUT2D eigenvalue weighted by Crippen LogP contribution is 2.41. The Kier molecular flexibility index (Phi) is 5.14. The number of aliphatic imine (C=N–C) groups is 1. The third-order valence-electron chi connectivity index (χ3n) is 6.64. The normalized spacial score (nSPS) is 20.6. The number of aromatic nitrogens is 2. The lowest BCUT2D eigenvalue weighted by Crippen LogP contribution is -2.28. The SMILES string of the molecule is CS(=O)(=O)c1cc2c(n1C1CCCC1)N(c1ccc(C3CCNCC3)cn1)CN=C2. The second kappa shape index (κ2) is 7.81. The molecule has 8 heteroatoms. The molecule has 0 aromatic carbocycles. The number of piperidine rings is 1. The molecule has 0 unspecified atom stereocenters. The Morgan fingerprint density at radius 1 is 1.10 bits per heavy atom. The molecule has 1 saturated heterocycles. The summed E-state index contributed by atoms with van der Waals surface area (Å²) >= 11 is 0. The fraction of sp³-hybridized carbons (Fsp3) is 0.545. The van der Waals surface area contributed by atoms with Crippen LogP contribution in [0.3, 0.4) is 0 Å². The molecule has 0 bridgehead atoms. The first-order valence-corrected chi connectivity index (χ1v) is 12.8. The molecule has 4 heterocycles. The third kappa shape index (κ3) is 3.56. The molecule has 1 aliphatic carbocycles. The summed E-state index contributed by atoms with van der Waals surface area (Å²) in [6, 6.07) is 6.23. The quantitative estimate of drug-likeness (QED) is 0.809. The standard InChI is InChI=1S/C22H29N5O2S/c1-30(28,29)21-12-18-13-24-15-26(22(18)27(21)19-4-2-3-5-19)20-7-6-17(14-25-20)16-8-10-23-11-9-16/h6-7,12-14,16,19,23H,2-5,8-11,15H2,1H3. The van der Waals surface area contributed by atoms with Crippen LogP contribution in [0.25, 0.3) is 0 Å². The predicted octanol–water partition coefficient (Wildman–Crippen LogP) is 3.40. The minimum Gasteiger partial charge on any atom is -0.317 e. The fourth-order valence-corrected chi connectivity index (χ4v) is 6.05. The Bertz CT molecular complexity index is 1050. The van der Waals surface area contributed by atoms with E-state index in [1.165, 1.54) is 11.8 Å². The van der Waals surface area contributed by atoms with Crippen molar-refractivity contribution in [2.45, 2.75) is 55.5 Å². The average Bonchev–Trinajstić information content (AvgIpc) is 3.41. The van der Waals surface area contributed by atoms with Gasteiger partial charge in [0.2, 0.25) is 0 Å². The van der Waals surface area contributed by atoms with Crippen LogP contribution < -0.4 is 10.2 Å². The van der Waals surface area contributed by atoms with Gasteiger partial charge in [-0.05, 0) is 62.4 Å². The van der Waals surface area contributed by atoms with Gasteiger partial charge in [0.05, 0.1) is 0 Å². The minimum absolute atomic E-state index is 0.210. The third-order valence-corrected chi connectivity index (χ3v) is 7.71. The van der Waals surface area contributed by atoms with Gasteiger partial charge in [-0.1, -0.05) is 18.9 Å². The van der Waals surface area contributed by atoms with E-state index in [2.05, 4.69) is 27.3 Å². The first-order chi connectivity index (χ1) is 14.5. The molecular weight excluding hydrogens is 398 g/mol. The van der Waals surface area contributed by atoms with E-state index in [9.17, 15) is 8.42 Å². The molecule has 0 spiro atoms. The maximum atomic E-state index is 12.6. The molecule has 2 aromatic rings. The van der Waals surface area contributed by atoms with Crippen LogP contribution in [0.4, 0.5) is 11.6 Å². The molecular formula is C22H29N5O2S.